The maximum absolute atomic E-state index is 13.5. The molecule has 1 N–H and O–H groups in total. The van der Waals surface area contributed by atoms with E-state index in [-0.39, 0.29) is 17.7 Å². The molecule has 0 fully saturated rings. The number of ether oxygens (including phenoxy) is 2. The number of anilines is 2. The van der Waals surface area contributed by atoms with Crippen molar-refractivity contribution in [2.45, 2.75) is 33.3 Å². The molecular formula is C26H26N2O4S. The summed E-state index contributed by atoms with van der Waals surface area (Å²) in [4.78, 5) is 28.9. The second-order valence-corrected chi connectivity index (χ2v) is 8.78. The standard InChI is InChI=1S/C26H26N2O4S/c1-4-14-31-21-8-5-7-18(16-21)27-24-23(22-9-6-15-33-22)25(29)28(26(24)30)19-10-12-20(13-11-19)32-17(2)3/h5-13,15-17,27H,4,14H2,1-3H3. The monoisotopic (exact) mass is 462 g/mol. The molecule has 2 amide bonds. The van der Waals surface area contributed by atoms with Crippen molar-refractivity contribution in [2.24, 2.45) is 0 Å². The number of carbonyl (C=O) groups excluding carboxylic acids is 2. The molecule has 0 radical (unpaired) electrons. The van der Waals surface area contributed by atoms with Crippen LogP contribution in [0.4, 0.5) is 11.4 Å². The minimum absolute atomic E-state index is 0.0332. The smallest absolute Gasteiger partial charge is 0.282 e. The number of rotatable bonds is 9. The zero-order valence-electron chi connectivity index (χ0n) is 18.8. The van der Waals surface area contributed by atoms with Gasteiger partial charge in [-0.1, -0.05) is 19.1 Å². The van der Waals surface area contributed by atoms with Crippen LogP contribution in [0.15, 0.2) is 71.7 Å². The number of benzene rings is 2. The zero-order valence-corrected chi connectivity index (χ0v) is 19.6. The van der Waals surface area contributed by atoms with E-state index >= 15 is 0 Å². The summed E-state index contributed by atoms with van der Waals surface area (Å²) in [5.74, 6) is 0.623. The molecule has 0 aliphatic carbocycles. The first kappa shape index (κ1) is 22.6. The lowest BCUT2D eigenvalue weighted by Crippen LogP contribution is -2.32. The van der Waals surface area contributed by atoms with E-state index in [4.69, 9.17) is 9.47 Å². The number of amides is 2. The van der Waals surface area contributed by atoms with E-state index in [1.54, 1.807) is 24.3 Å². The van der Waals surface area contributed by atoms with E-state index in [1.807, 2.05) is 62.5 Å². The van der Waals surface area contributed by atoms with Gasteiger partial charge in [0.1, 0.15) is 17.2 Å². The molecule has 1 aromatic heterocycles. The quantitative estimate of drug-likeness (QED) is 0.412. The predicted molar refractivity (Wildman–Crippen MR) is 132 cm³/mol. The maximum atomic E-state index is 13.5. The van der Waals surface area contributed by atoms with Crippen LogP contribution < -0.4 is 19.7 Å². The number of nitrogens with one attached hydrogen (secondary N) is 1. The molecule has 1 aliphatic heterocycles. The molecule has 0 saturated carbocycles. The van der Waals surface area contributed by atoms with Crippen molar-refractivity contribution in [3.8, 4) is 11.5 Å². The lowest BCUT2D eigenvalue weighted by molar-refractivity contribution is -0.120. The Morgan fingerprint density at radius 1 is 0.970 bits per heavy atom. The van der Waals surface area contributed by atoms with Crippen molar-refractivity contribution in [1.29, 1.82) is 0 Å². The van der Waals surface area contributed by atoms with E-state index < -0.39 is 5.91 Å². The van der Waals surface area contributed by atoms with Crippen LogP contribution in [0.25, 0.3) is 5.57 Å². The number of hydrogen-bond acceptors (Lipinski definition) is 6. The first-order valence-electron chi connectivity index (χ1n) is 10.9. The first-order valence-corrected chi connectivity index (χ1v) is 11.8. The highest BCUT2D eigenvalue weighted by Crippen LogP contribution is 2.36. The molecule has 33 heavy (non-hydrogen) atoms. The molecule has 0 unspecified atom stereocenters. The maximum Gasteiger partial charge on any atom is 0.282 e. The first-order chi connectivity index (χ1) is 16.0. The summed E-state index contributed by atoms with van der Waals surface area (Å²) in [7, 11) is 0. The molecule has 3 aromatic rings. The average Bonchev–Trinajstić information content (AvgIpc) is 3.40. The van der Waals surface area contributed by atoms with Gasteiger partial charge in [-0.2, -0.15) is 0 Å². The Balaban J connectivity index is 1.67. The molecule has 2 aromatic carbocycles. The summed E-state index contributed by atoms with van der Waals surface area (Å²) < 4.78 is 11.4. The molecule has 1 aliphatic rings. The van der Waals surface area contributed by atoms with Crippen molar-refractivity contribution < 1.29 is 19.1 Å². The van der Waals surface area contributed by atoms with Gasteiger partial charge < -0.3 is 14.8 Å². The van der Waals surface area contributed by atoms with Crippen molar-refractivity contribution in [2.75, 3.05) is 16.8 Å². The van der Waals surface area contributed by atoms with Gasteiger partial charge in [0.2, 0.25) is 0 Å². The van der Waals surface area contributed by atoms with Crippen molar-refractivity contribution in [1.82, 2.24) is 0 Å². The molecule has 0 atom stereocenters. The van der Waals surface area contributed by atoms with Crippen LogP contribution in [-0.2, 0) is 9.59 Å². The highest BCUT2D eigenvalue weighted by Gasteiger charge is 2.40. The molecule has 4 rings (SSSR count). The van der Waals surface area contributed by atoms with Crippen molar-refractivity contribution in [3.63, 3.8) is 0 Å². The van der Waals surface area contributed by atoms with E-state index in [0.717, 1.165) is 11.3 Å². The third-order valence-electron chi connectivity index (χ3n) is 4.89. The normalized spacial score (nSPS) is 13.8. The van der Waals surface area contributed by atoms with Gasteiger partial charge in [-0.15, -0.1) is 11.3 Å². The van der Waals surface area contributed by atoms with Gasteiger partial charge in [-0.05, 0) is 68.1 Å². The lowest BCUT2D eigenvalue weighted by Gasteiger charge is -2.17. The Morgan fingerprint density at radius 3 is 2.42 bits per heavy atom. The molecule has 0 bridgehead atoms. The van der Waals surface area contributed by atoms with Gasteiger partial charge in [-0.3, -0.25) is 9.59 Å². The lowest BCUT2D eigenvalue weighted by atomic mass is 10.2. The van der Waals surface area contributed by atoms with Crippen molar-refractivity contribution in [3.05, 3.63) is 76.6 Å². The second kappa shape index (κ2) is 9.92. The van der Waals surface area contributed by atoms with Crippen LogP contribution in [-0.4, -0.2) is 24.5 Å². The van der Waals surface area contributed by atoms with Crippen LogP contribution in [0.2, 0.25) is 0 Å². The van der Waals surface area contributed by atoms with E-state index in [1.165, 1.54) is 16.2 Å². The van der Waals surface area contributed by atoms with E-state index in [9.17, 15) is 9.59 Å². The minimum Gasteiger partial charge on any atom is -0.494 e. The van der Waals surface area contributed by atoms with Gasteiger partial charge >= 0.3 is 0 Å². The Labute approximate surface area is 197 Å². The molecule has 7 heteroatoms. The number of hydrogen-bond donors (Lipinski definition) is 1. The van der Waals surface area contributed by atoms with Gasteiger partial charge in [0, 0.05) is 16.6 Å². The molecule has 0 saturated heterocycles. The topological polar surface area (TPSA) is 67.9 Å². The fourth-order valence-electron chi connectivity index (χ4n) is 3.50. The van der Waals surface area contributed by atoms with Crippen LogP contribution in [0.5, 0.6) is 11.5 Å². The summed E-state index contributed by atoms with van der Waals surface area (Å²) in [6.07, 6.45) is 0.930. The fourth-order valence-corrected chi connectivity index (χ4v) is 4.27. The molecular weight excluding hydrogens is 436 g/mol. The number of thiophene rings is 1. The minimum atomic E-state index is -0.402. The highest BCUT2D eigenvalue weighted by atomic mass is 32.1. The van der Waals surface area contributed by atoms with E-state index in [0.29, 0.717) is 35.1 Å². The number of carbonyl (C=O) groups is 2. The van der Waals surface area contributed by atoms with Crippen LogP contribution in [0.3, 0.4) is 0 Å². The average molecular weight is 463 g/mol. The Morgan fingerprint density at radius 2 is 1.76 bits per heavy atom. The SMILES string of the molecule is CCCOc1cccc(NC2=C(c3cccs3)C(=O)N(c3ccc(OC(C)C)cc3)C2=O)c1. The second-order valence-electron chi connectivity index (χ2n) is 7.83. The summed E-state index contributed by atoms with van der Waals surface area (Å²) in [6.45, 7) is 6.53. The van der Waals surface area contributed by atoms with Gasteiger partial charge in [0.25, 0.3) is 11.8 Å². The number of nitrogens with zero attached hydrogens (tertiary/aromatic N) is 1. The Bertz CT molecular complexity index is 1170. The summed E-state index contributed by atoms with van der Waals surface area (Å²) >= 11 is 1.42. The van der Waals surface area contributed by atoms with Crippen molar-refractivity contribution >= 4 is 40.1 Å². The summed E-state index contributed by atoms with van der Waals surface area (Å²) in [5.41, 5.74) is 1.78. The molecule has 2 heterocycles. The molecule has 0 spiro atoms. The largest absolute Gasteiger partial charge is 0.494 e. The highest BCUT2D eigenvalue weighted by molar-refractivity contribution is 7.11. The predicted octanol–water partition coefficient (Wildman–Crippen LogP) is 5.72. The molecule has 6 nitrogen and oxygen atoms in total. The number of imide groups is 1. The Kier molecular flexibility index (Phi) is 6.79. The fraction of sp³-hybridized carbons (Fsp3) is 0.231. The van der Waals surface area contributed by atoms with Crippen LogP contribution in [0, 0.1) is 0 Å². The van der Waals surface area contributed by atoms with Crippen LogP contribution >= 0.6 is 11.3 Å². The summed E-state index contributed by atoms with van der Waals surface area (Å²) in [5, 5.41) is 5.07. The molecule has 170 valence electrons. The van der Waals surface area contributed by atoms with E-state index in [2.05, 4.69) is 5.32 Å². The van der Waals surface area contributed by atoms with Gasteiger partial charge in [0.05, 0.1) is 24.0 Å². The van der Waals surface area contributed by atoms with Gasteiger partial charge in [0.15, 0.2) is 0 Å². The summed E-state index contributed by atoms with van der Waals surface area (Å²) in [6, 6.07) is 18.1. The zero-order chi connectivity index (χ0) is 23.4. The third-order valence-corrected chi connectivity index (χ3v) is 5.78. The third kappa shape index (κ3) is 4.93. The Hall–Kier alpha value is -3.58. The van der Waals surface area contributed by atoms with Crippen LogP contribution in [0.1, 0.15) is 32.1 Å². The van der Waals surface area contributed by atoms with Gasteiger partial charge in [-0.25, -0.2) is 4.90 Å².